The quantitative estimate of drug-likeness (QED) is 0.405. The van der Waals surface area contributed by atoms with E-state index in [1.54, 1.807) is 0 Å². The van der Waals surface area contributed by atoms with Crippen LogP contribution in [0.3, 0.4) is 0 Å². The lowest BCUT2D eigenvalue weighted by Gasteiger charge is -2.07. The third-order valence-electron chi connectivity index (χ3n) is 2.22. The zero-order chi connectivity index (χ0) is 13.4. The summed E-state index contributed by atoms with van der Waals surface area (Å²) in [6.45, 7) is 6.04. The van der Waals surface area contributed by atoms with Crippen LogP contribution < -0.4 is 0 Å². The number of ketones is 1. The van der Waals surface area contributed by atoms with Crippen LogP contribution >= 0.6 is 22.6 Å². The van der Waals surface area contributed by atoms with Gasteiger partial charge >= 0.3 is 0 Å². The van der Waals surface area contributed by atoms with Crippen LogP contribution in [-0.4, -0.2) is 32.2 Å². The third kappa shape index (κ3) is 6.47. The molecule has 0 aliphatic heterocycles. The minimum absolute atomic E-state index is 0.00950. The van der Waals surface area contributed by atoms with Crippen LogP contribution in [0.15, 0.2) is 24.3 Å². The summed E-state index contributed by atoms with van der Waals surface area (Å²) in [5, 5.41) is 0. The Kier molecular flexibility index (Phi) is 7.46. The Hall–Kier alpha value is -0.460. The summed E-state index contributed by atoms with van der Waals surface area (Å²) in [4.78, 5) is 11.7. The molecule has 0 amide bonds. The highest BCUT2D eigenvalue weighted by Gasteiger charge is 2.05. The normalized spacial score (nSPS) is 10.9. The first kappa shape index (κ1) is 15.6. The summed E-state index contributed by atoms with van der Waals surface area (Å²) < 4.78 is 11.8. The fourth-order valence-electron chi connectivity index (χ4n) is 1.32. The zero-order valence-corrected chi connectivity index (χ0v) is 13.0. The molecule has 0 saturated heterocycles. The van der Waals surface area contributed by atoms with Crippen molar-refractivity contribution in [2.24, 2.45) is 5.92 Å². The molecule has 100 valence electrons. The van der Waals surface area contributed by atoms with Crippen LogP contribution in [-0.2, 0) is 9.47 Å². The van der Waals surface area contributed by atoms with Crippen molar-refractivity contribution in [2.45, 2.75) is 13.8 Å². The molecule has 18 heavy (non-hydrogen) atoms. The molecule has 0 atom stereocenters. The molecular formula is C14H19IO3. The van der Waals surface area contributed by atoms with E-state index in [9.17, 15) is 4.79 Å². The van der Waals surface area contributed by atoms with E-state index >= 15 is 0 Å². The third-order valence-corrected chi connectivity index (χ3v) is 2.94. The summed E-state index contributed by atoms with van der Waals surface area (Å²) in [6, 6.07) is 7.48. The zero-order valence-electron chi connectivity index (χ0n) is 10.8. The van der Waals surface area contributed by atoms with Crippen LogP contribution in [0.4, 0.5) is 0 Å². The van der Waals surface area contributed by atoms with E-state index in [0.29, 0.717) is 24.7 Å². The molecule has 3 nitrogen and oxygen atoms in total. The van der Waals surface area contributed by atoms with Gasteiger partial charge in [-0.2, -0.15) is 0 Å². The number of halogens is 1. The van der Waals surface area contributed by atoms with Crippen molar-refractivity contribution < 1.29 is 14.3 Å². The van der Waals surface area contributed by atoms with Gasteiger partial charge in [0.15, 0.2) is 5.78 Å². The van der Waals surface area contributed by atoms with E-state index < -0.39 is 0 Å². The van der Waals surface area contributed by atoms with Gasteiger partial charge in [0, 0.05) is 15.7 Å². The number of hydrogen-bond donors (Lipinski definition) is 0. The lowest BCUT2D eigenvalue weighted by molar-refractivity contribution is 0.0364. The molecule has 0 aliphatic carbocycles. The van der Waals surface area contributed by atoms with Crippen molar-refractivity contribution in [2.75, 3.05) is 26.4 Å². The Bertz CT molecular complexity index is 360. The largest absolute Gasteiger partial charge is 0.379 e. The molecule has 0 N–H and O–H groups in total. The maximum Gasteiger partial charge on any atom is 0.188 e. The lowest BCUT2D eigenvalue weighted by Crippen LogP contribution is -2.13. The molecule has 0 heterocycles. The van der Waals surface area contributed by atoms with Crippen LogP contribution in [0, 0.1) is 9.49 Å². The summed E-state index contributed by atoms with van der Waals surface area (Å²) >= 11 is 2.21. The van der Waals surface area contributed by atoms with E-state index in [-0.39, 0.29) is 12.4 Å². The van der Waals surface area contributed by atoms with Crippen LogP contribution in [0.5, 0.6) is 0 Å². The molecule has 4 heteroatoms. The van der Waals surface area contributed by atoms with E-state index in [0.717, 1.165) is 10.2 Å². The van der Waals surface area contributed by atoms with Crippen molar-refractivity contribution in [3.63, 3.8) is 0 Å². The monoisotopic (exact) mass is 362 g/mol. The molecule has 0 aliphatic rings. The van der Waals surface area contributed by atoms with Crippen LogP contribution in [0.25, 0.3) is 0 Å². The standard InChI is InChI=1S/C14H19IO3/c1-11(2)9-17-7-8-18-10-14(16)12-3-5-13(15)6-4-12/h3-6,11H,7-10H2,1-2H3. The average Bonchev–Trinajstić information content (AvgIpc) is 2.34. The van der Waals surface area contributed by atoms with E-state index in [2.05, 4.69) is 36.4 Å². The first-order chi connectivity index (χ1) is 8.59. The Balaban J connectivity index is 2.16. The molecule has 0 radical (unpaired) electrons. The predicted octanol–water partition coefficient (Wildman–Crippen LogP) is 3.16. The maximum atomic E-state index is 11.7. The minimum atomic E-state index is 0.00950. The van der Waals surface area contributed by atoms with Gasteiger partial charge in [0.25, 0.3) is 0 Å². The Morgan fingerprint density at radius 1 is 1.17 bits per heavy atom. The van der Waals surface area contributed by atoms with Crippen molar-refractivity contribution >= 4 is 28.4 Å². The Morgan fingerprint density at radius 2 is 1.78 bits per heavy atom. The highest BCUT2D eigenvalue weighted by molar-refractivity contribution is 14.1. The number of hydrogen-bond acceptors (Lipinski definition) is 3. The molecule has 1 aromatic rings. The van der Waals surface area contributed by atoms with E-state index in [1.807, 2.05) is 24.3 Å². The average molecular weight is 362 g/mol. The number of carbonyl (C=O) groups is 1. The Morgan fingerprint density at radius 3 is 2.39 bits per heavy atom. The van der Waals surface area contributed by atoms with Crippen LogP contribution in [0.2, 0.25) is 0 Å². The fraction of sp³-hybridized carbons (Fsp3) is 0.500. The fourth-order valence-corrected chi connectivity index (χ4v) is 1.68. The highest BCUT2D eigenvalue weighted by atomic mass is 127. The van der Waals surface area contributed by atoms with Crippen molar-refractivity contribution in [3.05, 3.63) is 33.4 Å². The molecule has 0 aromatic heterocycles. The Labute approximate surface area is 122 Å². The summed E-state index contributed by atoms with van der Waals surface area (Å²) in [5.74, 6) is 0.536. The van der Waals surface area contributed by atoms with Gasteiger partial charge in [-0.1, -0.05) is 26.0 Å². The number of rotatable bonds is 8. The second-order valence-electron chi connectivity index (χ2n) is 4.45. The topological polar surface area (TPSA) is 35.5 Å². The summed E-state index contributed by atoms with van der Waals surface area (Å²) in [7, 11) is 0. The van der Waals surface area contributed by atoms with Gasteiger partial charge in [0.05, 0.1) is 13.2 Å². The number of benzene rings is 1. The number of ether oxygens (including phenoxy) is 2. The van der Waals surface area contributed by atoms with Crippen molar-refractivity contribution in [1.82, 2.24) is 0 Å². The summed E-state index contributed by atoms with van der Waals surface area (Å²) in [5.41, 5.74) is 0.693. The number of carbonyl (C=O) groups excluding carboxylic acids is 1. The number of Topliss-reactive ketones (excluding diaryl/α,β-unsaturated/α-hetero) is 1. The smallest absolute Gasteiger partial charge is 0.188 e. The molecular weight excluding hydrogens is 343 g/mol. The van der Waals surface area contributed by atoms with E-state index in [1.165, 1.54) is 0 Å². The van der Waals surface area contributed by atoms with Gasteiger partial charge in [0.1, 0.15) is 6.61 Å². The first-order valence-electron chi connectivity index (χ1n) is 6.04. The molecule has 0 spiro atoms. The molecule has 0 fully saturated rings. The predicted molar refractivity (Wildman–Crippen MR) is 80.0 cm³/mol. The summed E-state index contributed by atoms with van der Waals surface area (Å²) in [6.07, 6.45) is 0. The van der Waals surface area contributed by atoms with Gasteiger partial charge in [-0.25, -0.2) is 0 Å². The van der Waals surface area contributed by atoms with Crippen molar-refractivity contribution in [1.29, 1.82) is 0 Å². The second-order valence-corrected chi connectivity index (χ2v) is 5.70. The highest BCUT2D eigenvalue weighted by Crippen LogP contribution is 2.07. The first-order valence-corrected chi connectivity index (χ1v) is 7.11. The second kappa shape index (κ2) is 8.61. The molecule has 0 saturated carbocycles. The van der Waals surface area contributed by atoms with Gasteiger partial charge in [-0.3, -0.25) is 4.79 Å². The molecule has 1 aromatic carbocycles. The maximum absolute atomic E-state index is 11.7. The SMILES string of the molecule is CC(C)COCCOCC(=O)c1ccc(I)cc1. The van der Waals surface area contributed by atoms with Gasteiger partial charge in [-0.05, 0) is 40.6 Å². The molecule has 0 bridgehead atoms. The minimum Gasteiger partial charge on any atom is -0.379 e. The van der Waals surface area contributed by atoms with Gasteiger partial charge < -0.3 is 9.47 Å². The molecule has 1 rings (SSSR count). The van der Waals surface area contributed by atoms with Gasteiger partial charge in [0.2, 0.25) is 0 Å². The van der Waals surface area contributed by atoms with Crippen LogP contribution in [0.1, 0.15) is 24.2 Å². The van der Waals surface area contributed by atoms with E-state index in [4.69, 9.17) is 9.47 Å². The van der Waals surface area contributed by atoms with Gasteiger partial charge in [-0.15, -0.1) is 0 Å². The molecule has 0 unspecified atom stereocenters. The lowest BCUT2D eigenvalue weighted by atomic mass is 10.1. The van der Waals surface area contributed by atoms with Crippen molar-refractivity contribution in [3.8, 4) is 0 Å².